The van der Waals surface area contributed by atoms with E-state index in [1.54, 1.807) is 0 Å². The van der Waals surface area contributed by atoms with Crippen LogP contribution >= 0.6 is 0 Å². The summed E-state index contributed by atoms with van der Waals surface area (Å²) in [6.45, 7) is 0. The van der Waals surface area contributed by atoms with Crippen LogP contribution in [0.4, 0.5) is 0 Å². The first kappa shape index (κ1) is 18.9. The number of methoxy groups -OCH3 is 2. The quantitative estimate of drug-likeness (QED) is 0.293. The van der Waals surface area contributed by atoms with Crippen molar-refractivity contribution in [3.05, 3.63) is 0 Å². The molecular weight excluding hydrogens is 320 g/mol. The van der Waals surface area contributed by atoms with Crippen LogP contribution in [0.15, 0.2) is 0 Å². The van der Waals surface area contributed by atoms with Crippen molar-refractivity contribution < 1.29 is 54.3 Å². The molecule has 136 valence electrons. The number of hydrogen-bond donors (Lipinski definition) is 6. The van der Waals surface area contributed by atoms with Gasteiger partial charge in [0.2, 0.25) is 0 Å². The standard InChI is InChI=1S/C12H22O11/c1-19-10-6(16)3(13)7(17)11(23-10)21-8-4(14)5(15)9(18)22-12(8)20-2/h3-18H,1-2H3/t3-,4+,5+,6+,7+,8-,9+,10-,11+,12-/m0/s1. The van der Waals surface area contributed by atoms with Crippen LogP contribution in [-0.4, -0.2) is 107 Å². The topological polar surface area (TPSA) is 168 Å². The van der Waals surface area contributed by atoms with Crippen LogP contribution in [-0.2, 0) is 23.7 Å². The average molecular weight is 342 g/mol. The fourth-order valence-corrected chi connectivity index (χ4v) is 2.43. The average Bonchev–Trinajstić information content (AvgIpc) is 2.55. The molecule has 0 aromatic carbocycles. The molecule has 0 unspecified atom stereocenters. The van der Waals surface area contributed by atoms with Crippen LogP contribution < -0.4 is 0 Å². The molecular formula is C12H22O11. The molecule has 0 bridgehead atoms. The van der Waals surface area contributed by atoms with Gasteiger partial charge in [-0.1, -0.05) is 0 Å². The summed E-state index contributed by atoms with van der Waals surface area (Å²) >= 11 is 0. The molecule has 2 rings (SSSR count). The molecule has 2 heterocycles. The van der Waals surface area contributed by atoms with Crippen LogP contribution in [0.5, 0.6) is 0 Å². The lowest BCUT2D eigenvalue weighted by Crippen LogP contribution is -2.64. The van der Waals surface area contributed by atoms with Crippen LogP contribution in [0.2, 0.25) is 0 Å². The highest BCUT2D eigenvalue weighted by Crippen LogP contribution is 2.28. The van der Waals surface area contributed by atoms with E-state index >= 15 is 0 Å². The normalized spacial score (nSPS) is 51.7. The van der Waals surface area contributed by atoms with E-state index in [0.29, 0.717) is 0 Å². The maximum absolute atomic E-state index is 9.99. The van der Waals surface area contributed by atoms with Crippen molar-refractivity contribution in [2.45, 2.75) is 61.8 Å². The second-order valence-electron chi connectivity index (χ2n) is 5.29. The van der Waals surface area contributed by atoms with Crippen molar-refractivity contribution in [2.24, 2.45) is 0 Å². The minimum Gasteiger partial charge on any atom is -0.387 e. The third kappa shape index (κ3) is 3.65. The lowest BCUT2D eigenvalue weighted by molar-refractivity contribution is -0.396. The Balaban J connectivity index is 2.11. The van der Waals surface area contributed by atoms with Gasteiger partial charge in [0.1, 0.15) is 36.6 Å². The van der Waals surface area contributed by atoms with Crippen LogP contribution in [0.25, 0.3) is 0 Å². The SMILES string of the molecule is CO[C@H]1O[C@@H](O[C@@H]2[C@@H](OC)O[C@@H](O)[C@H](O)[C@H]2O)[C@H](O)[C@@H](O)[C@H]1O. The summed E-state index contributed by atoms with van der Waals surface area (Å²) in [7, 11) is 2.43. The van der Waals surface area contributed by atoms with Crippen molar-refractivity contribution in [3.8, 4) is 0 Å². The Morgan fingerprint density at radius 2 is 1.17 bits per heavy atom. The lowest BCUT2D eigenvalue weighted by Gasteiger charge is -2.44. The highest BCUT2D eigenvalue weighted by molar-refractivity contribution is 4.90. The van der Waals surface area contributed by atoms with Gasteiger partial charge >= 0.3 is 0 Å². The predicted octanol–water partition coefficient (Wildman–Crippen LogP) is -4.17. The number of aliphatic hydroxyl groups excluding tert-OH is 6. The first-order valence-electron chi connectivity index (χ1n) is 6.92. The smallest absolute Gasteiger partial charge is 0.189 e. The van der Waals surface area contributed by atoms with Crippen molar-refractivity contribution in [2.75, 3.05) is 14.2 Å². The van der Waals surface area contributed by atoms with E-state index in [-0.39, 0.29) is 0 Å². The summed E-state index contributed by atoms with van der Waals surface area (Å²) in [5, 5.41) is 58.4. The van der Waals surface area contributed by atoms with E-state index in [2.05, 4.69) is 0 Å². The first-order chi connectivity index (χ1) is 10.8. The minimum absolute atomic E-state index is 1.21. The minimum atomic E-state index is -1.69. The Morgan fingerprint density at radius 1 is 0.609 bits per heavy atom. The molecule has 6 N–H and O–H groups in total. The first-order valence-corrected chi connectivity index (χ1v) is 6.92. The fraction of sp³-hybridized carbons (Fsp3) is 1.00. The molecule has 0 amide bonds. The zero-order valence-corrected chi connectivity index (χ0v) is 12.5. The van der Waals surface area contributed by atoms with Crippen LogP contribution in [0.1, 0.15) is 0 Å². The number of aliphatic hydroxyl groups is 6. The number of rotatable bonds is 4. The molecule has 0 radical (unpaired) electrons. The molecule has 2 fully saturated rings. The van der Waals surface area contributed by atoms with Gasteiger partial charge in [0.05, 0.1) is 0 Å². The Bertz CT molecular complexity index is 378. The van der Waals surface area contributed by atoms with E-state index < -0.39 is 61.8 Å². The van der Waals surface area contributed by atoms with E-state index in [1.165, 1.54) is 14.2 Å². The molecule has 11 nitrogen and oxygen atoms in total. The zero-order chi connectivity index (χ0) is 17.3. The van der Waals surface area contributed by atoms with Gasteiger partial charge in [0.15, 0.2) is 25.2 Å². The van der Waals surface area contributed by atoms with Gasteiger partial charge in [-0.15, -0.1) is 0 Å². The molecule has 0 aromatic heterocycles. The molecule has 2 aliphatic heterocycles. The summed E-state index contributed by atoms with van der Waals surface area (Å²) < 4.78 is 25.2. The Hall–Kier alpha value is -0.440. The Kier molecular flexibility index (Phi) is 6.27. The molecule has 2 saturated heterocycles. The van der Waals surface area contributed by atoms with Gasteiger partial charge in [-0.25, -0.2) is 0 Å². The largest absolute Gasteiger partial charge is 0.387 e. The van der Waals surface area contributed by atoms with Gasteiger partial charge in [0, 0.05) is 14.2 Å². The van der Waals surface area contributed by atoms with E-state index in [1.807, 2.05) is 0 Å². The maximum atomic E-state index is 9.99. The lowest BCUT2D eigenvalue weighted by atomic mass is 10.0. The third-order valence-electron chi connectivity index (χ3n) is 3.80. The summed E-state index contributed by atoms with van der Waals surface area (Å²) in [4.78, 5) is 0. The van der Waals surface area contributed by atoms with E-state index in [9.17, 15) is 30.6 Å². The highest BCUT2D eigenvalue weighted by Gasteiger charge is 2.50. The zero-order valence-electron chi connectivity index (χ0n) is 12.5. The summed E-state index contributed by atoms with van der Waals surface area (Å²) in [6, 6.07) is 0. The Morgan fingerprint density at radius 3 is 1.74 bits per heavy atom. The van der Waals surface area contributed by atoms with Gasteiger partial charge in [-0.2, -0.15) is 0 Å². The molecule has 0 spiro atoms. The van der Waals surface area contributed by atoms with Crippen molar-refractivity contribution in [1.82, 2.24) is 0 Å². The van der Waals surface area contributed by atoms with E-state index in [4.69, 9.17) is 23.7 Å². The Labute approximate surface area is 131 Å². The molecule has 0 aromatic rings. The maximum Gasteiger partial charge on any atom is 0.189 e. The number of hydrogen-bond acceptors (Lipinski definition) is 11. The predicted molar refractivity (Wildman–Crippen MR) is 68.5 cm³/mol. The fourth-order valence-electron chi connectivity index (χ4n) is 2.43. The molecule has 0 aliphatic carbocycles. The van der Waals surface area contributed by atoms with Crippen molar-refractivity contribution >= 4 is 0 Å². The second-order valence-corrected chi connectivity index (χ2v) is 5.29. The molecule has 11 heteroatoms. The van der Waals surface area contributed by atoms with Crippen molar-refractivity contribution in [1.29, 1.82) is 0 Å². The number of ether oxygens (including phenoxy) is 5. The van der Waals surface area contributed by atoms with Gasteiger partial charge in [0.25, 0.3) is 0 Å². The monoisotopic (exact) mass is 342 g/mol. The summed E-state index contributed by atoms with van der Waals surface area (Å²) in [5.74, 6) is 0. The second kappa shape index (κ2) is 7.63. The van der Waals surface area contributed by atoms with E-state index in [0.717, 1.165) is 0 Å². The van der Waals surface area contributed by atoms with Crippen LogP contribution in [0.3, 0.4) is 0 Å². The van der Waals surface area contributed by atoms with Crippen molar-refractivity contribution in [3.63, 3.8) is 0 Å². The van der Waals surface area contributed by atoms with Gasteiger partial charge in [-0.05, 0) is 0 Å². The van der Waals surface area contributed by atoms with Crippen LogP contribution in [0, 0.1) is 0 Å². The summed E-state index contributed by atoms with van der Waals surface area (Å²) in [6.07, 6.45) is -15.2. The molecule has 2 aliphatic rings. The third-order valence-corrected chi connectivity index (χ3v) is 3.80. The molecule has 23 heavy (non-hydrogen) atoms. The molecule has 10 atom stereocenters. The van der Waals surface area contributed by atoms with Gasteiger partial charge in [-0.3, -0.25) is 0 Å². The highest BCUT2D eigenvalue weighted by atomic mass is 16.8. The summed E-state index contributed by atoms with van der Waals surface area (Å²) in [5.41, 5.74) is 0. The molecule has 0 saturated carbocycles. The van der Waals surface area contributed by atoms with Gasteiger partial charge < -0.3 is 54.3 Å².